The van der Waals surface area contributed by atoms with E-state index in [1.165, 1.54) is 31.6 Å². The molecule has 0 bridgehead atoms. The summed E-state index contributed by atoms with van der Waals surface area (Å²) in [6.45, 7) is 4.15. The van der Waals surface area contributed by atoms with Crippen LogP contribution in [0.5, 0.6) is 0 Å². The lowest BCUT2D eigenvalue weighted by Crippen LogP contribution is -2.25. The average Bonchev–Trinajstić information content (AvgIpc) is 2.61. The summed E-state index contributed by atoms with van der Waals surface area (Å²) in [5, 5.41) is 0. The standard InChI is InChI=1S/C19H22N2O3/c1-13-9-10-15(11-14(13)2)16-7-6-8-18(20-16)21(3)17(12-23-4)19(22)24-5/h6-12H,1-5H3. The molecule has 0 radical (unpaired) electrons. The molecule has 0 aliphatic heterocycles. The lowest BCUT2D eigenvalue weighted by molar-refractivity contribution is -0.136. The van der Waals surface area contributed by atoms with Gasteiger partial charge in [-0.15, -0.1) is 0 Å². The lowest BCUT2D eigenvalue weighted by atomic mass is 10.0. The highest BCUT2D eigenvalue weighted by Gasteiger charge is 2.18. The zero-order valence-electron chi connectivity index (χ0n) is 14.7. The number of hydrogen-bond donors (Lipinski definition) is 0. The van der Waals surface area contributed by atoms with Crippen LogP contribution in [0.3, 0.4) is 0 Å². The van der Waals surface area contributed by atoms with Crippen LogP contribution < -0.4 is 4.90 Å². The van der Waals surface area contributed by atoms with Crippen molar-refractivity contribution in [3.05, 3.63) is 59.5 Å². The van der Waals surface area contributed by atoms with Crippen LogP contribution in [0.15, 0.2) is 48.4 Å². The number of anilines is 1. The molecule has 0 atom stereocenters. The summed E-state index contributed by atoms with van der Waals surface area (Å²) in [6, 6.07) is 11.9. The number of carbonyl (C=O) groups is 1. The van der Waals surface area contributed by atoms with Crippen LogP contribution in [0.1, 0.15) is 11.1 Å². The van der Waals surface area contributed by atoms with E-state index in [-0.39, 0.29) is 5.70 Å². The van der Waals surface area contributed by atoms with Crippen molar-refractivity contribution in [3.63, 3.8) is 0 Å². The van der Waals surface area contributed by atoms with Gasteiger partial charge in [-0.25, -0.2) is 9.78 Å². The highest BCUT2D eigenvalue weighted by Crippen LogP contribution is 2.24. The van der Waals surface area contributed by atoms with Gasteiger partial charge >= 0.3 is 5.97 Å². The predicted molar refractivity (Wildman–Crippen MR) is 94.7 cm³/mol. The van der Waals surface area contributed by atoms with Crippen molar-refractivity contribution in [1.82, 2.24) is 4.98 Å². The van der Waals surface area contributed by atoms with E-state index in [9.17, 15) is 4.79 Å². The lowest BCUT2D eigenvalue weighted by Gasteiger charge is -2.20. The molecule has 2 aromatic rings. The quantitative estimate of drug-likeness (QED) is 0.478. The second-order valence-corrected chi connectivity index (χ2v) is 5.47. The molecule has 0 aliphatic carbocycles. The van der Waals surface area contributed by atoms with Gasteiger partial charge in [-0.05, 0) is 43.2 Å². The third kappa shape index (κ3) is 3.74. The van der Waals surface area contributed by atoms with Crippen LogP contribution >= 0.6 is 0 Å². The van der Waals surface area contributed by atoms with Gasteiger partial charge in [0.25, 0.3) is 0 Å². The van der Waals surface area contributed by atoms with Gasteiger partial charge in [0.1, 0.15) is 12.1 Å². The van der Waals surface area contributed by atoms with Gasteiger partial charge in [0.15, 0.2) is 5.70 Å². The Morgan fingerprint density at radius 3 is 2.50 bits per heavy atom. The average molecular weight is 326 g/mol. The molecule has 1 aromatic carbocycles. The van der Waals surface area contributed by atoms with Crippen molar-refractivity contribution < 1.29 is 14.3 Å². The molecule has 0 fully saturated rings. The van der Waals surface area contributed by atoms with E-state index in [1.54, 1.807) is 11.9 Å². The molecule has 5 heteroatoms. The molecule has 0 unspecified atom stereocenters. The largest absolute Gasteiger partial charge is 0.502 e. The van der Waals surface area contributed by atoms with Crippen molar-refractivity contribution >= 4 is 11.8 Å². The Kier molecular flexibility index (Phi) is 5.58. The number of nitrogens with zero attached hydrogens (tertiary/aromatic N) is 2. The summed E-state index contributed by atoms with van der Waals surface area (Å²) in [5.41, 5.74) is 4.59. The number of pyridine rings is 1. The molecular weight excluding hydrogens is 304 g/mol. The van der Waals surface area contributed by atoms with Crippen molar-refractivity contribution in [1.29, 1.82) is 0 Å². The van der Waals surface area contributed by atoms with Crippen LogP contribution in [-0.4, -0.2) is 32.2 Å². The van der Waals surface area contributed by atoms with E-state index in [0.717, 1.165) is 11.3 Å². The Morgan fingerprint density at radius 2 is 1.88 bits per heavy atom. The Bertz CT molecular complexity index is 769. The van der Waals surface area contributed by atoms with Crippen LogP contribution in [0, 0.1) is 13.8 Å². The molecule has 5 nitrogen and oxygen atoms in total. The van der Waals surface area contributed by atoms with Gasteiger partial charge in [0, 0.05) is 12.6 Å². The second-order valence-electron chi connectivity index (χ2n) is 5.47. The number of esters is 1. The summed E-state index contributed by atoms with van der Waals surface area (Å²) >= 11 is 0. The van der Waals surface area contributed by atoms with Gasteiger partial charge in [-0.1, -0.05) is 18.2 Å². The fourth-order valence-corrected chi connectivity index (χ4v) is 2.28. The SMILES string of the molecule is COC=C(C(=O)OC)N(C)c1cccc(-c2ccc(C)c(C)c2)n1. The number of aromatic nitrogens is 1. The summed E-state index contributed by atoms with van der Waals surface area (Å²) in [5.74, 6) is 0.136. The molecule has 1 heterocycles. The van der Waals surface area contributed by atoms with Gasteiger partial charge in [0.05, 0.1) is 19.9 Å². The molecule has 0 spiro atoms. The number of methoxy groups -OCH3 is 2. The number of benzene rings is 1. The minimum Gasteiger partial charge on any atom is -0.502 e. The molecule has 24 heavy (non-hydrogen) atoms. The van der Waals surface area contributed by atoms with E-state index in [4.69, 9.17) is 9.47 Å². The summed E-state index contributed by atoms with van der Waals surface area (Å²) in [4.78, 5) is 18.2. The summed E-state index contributed by atoms with van der Waals surface area (Å²) < 4.78 is 9.78. The number of rotatable bonds is 5. The predicted octanol–water partition coefficient (Wildman–Crippen LogP) is 3.46. The molecule has 0 amide bonds. The van der Waals surface area contributed by atoms with Gasteiger partial charge in [-0.2, -0.15) is 0 Å². The second kappa shape index (κ2) is 7.64. The first-order chi connectivity index (χ1) is 11.5. The molecule has 0 saturated heterocycles. The maximum absolute atomic E-state index is 11.9. The fraction of sp³-hybridized carbons (Fsp3) is 0.263. The van der Waals surface area contributed by atoms with Crippen LogP contribution in [0.25, 0.3) is 11.3 Å². The Morgan fingerprint density at radius 1 is 1.12 bits per heavy atom. The number of likely N-dealkylation sites (N-methyl/N-ethyl adjacent to an activating group) is 1. The summed E-state index contributed by atoms with van der Waals surface area (Å²) in [6.07, 6.45) is 1.34. The Hall–Kier alpha value is -2.82. The van der Waals surface area contributed by atoms with Crippen LogP contribution in [-0.2, 0) is 14.3 Å². The van der Waals surface area contributed by atoms with E-state index >= 15 is 0 Å². The highest BCUT2D eigenvalue weighted by molar-refractivity contribution is 5.92. The molecular formula is C19H22N2O3. The third-order valence-corrected chi connectivity index (χ3v) is 3.87. The van der Waals surface area contributed by atoms with Gasteiger partial charge in [0.2, 0.25) is 0 Å². The van der Waals surface area contributed by atoms with Gasteiger partial charge < -0.3 is 14.4 Å². The number of carbonyl (C=O) groups excluding carboxylic acids is 1. The van der Waals surface area contributed by atoms with E-state index in [0.29, 0.717) is 5.82 Å². The monoisotopic (exact) mass is 326 g/mol. The molecule has 0 saturated carbocycles. The first kappa shape index (κ1) is 17.5. The maximum Gasteiger partial charge on any atom is 0.357 e. The molecule has 2 rings (SSSR count). The van der Waals surface area contributed by atoms with Crippen LogP contribution in [0.4, 0.5) is 5.82 Å². The zero-order chi connectivity index (χ0) is 17.7. The zero-order valence-corrected chi connectivity index (χ0v) is 14.7. The Labute approximate surface area is 142 Å². The van der Waals surface area contributed by atoms with Crippen molar-refractivity contribution in [3.8, 4) is 11.3 Å². The van der Waals surface area contributed by atoms with Crippen molar-refractivity contribution in [2.45, 2.75) is 13.8 Å². The topological polar surface area (TPSA) is 51.7 Å². The van der Waals surface area contributed by atoms with Crippen LogP contribution in [0.2, 0.25) is 0 Å². The summed E-state index contributed by atoms with van der Waals surface area (Å²) in [7, 11) is 4.56. The molecule has 1 aromatic heterocycles. The number of aryl methyl sites for hydroxylation is 2. The van der Waals surface area contributed by atoms with Gasteiger partial charge in [-0.3, -0.25) is 0 Å². The molecule has 126 valence electrons. The van der Waals surface area contributed by atoms with Crippen molar-refractivity contribution in [2.75, 3.05) is 26.2 Å². The highest BCUT2D eigenvalue weighted by atomic mass is 16.5. The number of hydrogen-bond acceptors (Lipinski definition) is 5. The van der Waals surface area contributed by atoms with E-state index in [2.05, 4.69) is 31.0 Å². The first-order valence-electron chi connectivity index (χ1n) is 7.57. The minimum absolute atomic E-state index is 0.268. The van der Waals surface area contributed by atoms with Crippen molar-refractivity contribution in [2.24, 2.45) is 0 Å². The Balaban J connectivity index is 2.40. The third-order valence-electron chi connectivity index (χ3n) is 3.87. The molecule has 0 N–H and O–H groups in total. The number of ether oxygens (including phenoxy) is 2. The maximum atomic E-state index is 11.9. The van der Waals surface area contributed by atoms with E-state index < -0.39 is 5.97 Å². The smallest absolute Gasteiger partial charge is 0.357 e. The minimum atomic E-state index is -0.488. The first-order valence-corrected chi connectivity index (χ1v) is 7.57. The fourth-order valence-electron chi connectivity index (χ4n) is 2.28. The molecule has 0 aliphatic rings. The van der Waals surface area contributed by atoms with E-state index in [1.807, 2.05) is 24.3 Å². The normalized spacial score (nSPS) is 11.1.